The molecule has 0 unspecified atom stereocenters. The van der Waals surface area contributed by atoms with Crippen LogP contribution in [-0.4, -0.2) is 51.7 Å². The third-order valence-corrected chi connectivity index (χ3v) is 6.14. The summed E-state index contributed by atoms with van der Waals surface area (Å²) in [4.78, 5) is 42.4. The molecule has 0 atom stereocenters. The molecule has 0 aliphatic heterocycles. The molecule has 0 aliphatic rings. The Kier molecular flexibility index (Phi) is 8.94. The van der Waals surface area contributed by atoms with Crippen molar-refractivity contribution in [3.63, 3.8) is 0 Å². The Labute approximate surface area is 224 Å². The van der Waals surface area contributed by atoms with Crippen molar-refractivity contribution in [3.05, 3.63) is 60.0 Å². The van der Waals surface area contributed by atoms with Gasteiger partial charge in [-0.2, -0.15) is 0 Å². The van der Waals surface area contributed by atoms with Crippen LogP contribution in [0.25, 0.3) is 33.0 Å². The number of hydrogen-bond donors (Lipinski definition) is 2. The summed E-state index contributed by atoms with van der Waals surface area (Å²) in [7, 11) is 0. The lowest BCUT2D eigenvalue weighted by Gasteiger charge is -2.12. The van der Waals surface area contributed by atoms with Crippen molar-refractivity contribution in [1.82, 2.24) is 25.3 Å². The zero-order chi connectivity index (χ0) is 26.9. The molecule has 0 radical (unpaired) electrons. The van der Waals surface area contributed by atoms with Crippen LogP contribution in [0.15, 0.2) is 54.4 Å². The molecular weight excluding hydrogens is 504 g/mol. The fraction of sp³-hybridized carbons (Fsp3) is 0.259. The smallest absolute Gasteiger partial charge is 0.339 e. The molecule has 0 aromatic carbocycles. The summed E-state index contributed by atoms with van der Waals surface area (Å²) in [6.07, 6.45) is 7.28. The summed E-state index contributed by atoms with van der Waals surface area (Å²) in [5, 5.41) is 8.05. The van der Waals surface area contributed by atoms with E-state index in [1.165, 1.54) is 17.5 Å². The predicted octanol–water partition coefficient (Wildman–Crippen LogP) is 5.44. The van der Waals surface area contributed by atoms with Crippen molar-refractivity contribution in [2.45, 2.75) is 27.2 Å². The monoisotopic (exact) mass is 532 g/mol. The number of aromatic nitrogens is 4. The standard InChI is InChI=1S/C27H28N6O4S/c1-4-10-37-24-19(8-7-9-30-24)22-16-38-25(32-22)20-12-23(33-27(35)29-5-2)31-15-21(20)17-11-18(14-28-13-17)26(34)36-6-3/h7-9,11-16H,4-6,10H2,1-3H3,(H2,29,31,33,35). The number of nitrogens with zero attached hydrogens (tertiary/aromatic N) is 4. The zero-order valence-electron chi connectivity index (χ0n) is 21.4. The van der Waals surface area contributed by atoms with Gasteiger partial charge in [0.05, 0.1) is 30.0 Å². The van der Waals surface area contributed by atoms with E-state index >= 15 is 0 Å². The molecule has 4 rings (SSSR count). The van der Waals surface area contributed by atoms with Crippen LogP contribution in [0, 0.1) is 0 Å². The van der Waals surface area contributed by atoms with Gasteiger partial charge in [0.1, 0.15) is 10.8 Å². The van der Waals surface area contributed by atoms with Gasteiger partial charge in [-0.15, -0.1) is 11.3 Å². The first-order valence-electron chi connectivity index (χ1n) is 12.3. The lowest BCUT2D eigenvalue weighted by atomic mass is 10.0. The summed E-state index contributed by atoms with van der Waals surface area (Å²) in [5.74, 6) is 0.416. The summed E-state index contributed by atoms with van der Waals surface area (Å²) in [6.45, 7) is 6.90. The molecule has 0 saturated carbocycles. The Morgan fingerprint density at radius 3 is 2.68 bits per heavy atom. The van der Waals surface area contributed by atoms with E-state index in [1.807, 2.05) is 31.4 Å². The maximum atomic E-state index is 12.3. The Bertz CT molecular complexity index is 1420. The molecule has 4 aromatic heterocycles. The number of carbonyl (C=O) groups excluding carboxylic acids is 2. The van der Waals surface area contributed by atoms with Gasteiger partial charge in [-0.3, -0.25) is 10.3 Å². The molecule has 0 aliphatic carbocycles. The summed E-state index contributed by atoms with van der Waals surface area (Å²) >= 11 is 1.43. The highest BCUT2D eigenvalue weighted by atomic mass is 32.1. The number of nitrogens with one attached hydrogen (secondary N) is 2. The van der Waals surface area contributed by atoms with Crippen LogP contribution in [0.1, 0.15) is 37.6 Å². The van der Waals surface area contributed by atoms with Gasteiger partial charge in [-0.25, -0.2) is 24.5 Å². The van der Waals surface area contributed by atoms with E-state index in [9.17, 15) is 9.59 Å². The molecule has 196 valence electrons. The molecule has 0 fully saturated rings. The Morgan fingerprint density at radius 1 is 1.03 bits per heavy atom. The van der Waals surface area contributed by atoms with Crippen LogP contribution in [0.5, 0.6) is 5.88 Å². The Balaban J connectivity index is 1.78. The third kappa shape index (κ3) is 6.30. The molecular formula is C27H28N6O4S. The van der Waals surface area contributed by atoms with Gasteiger partial charge in [0.15, 0.2) is 0 Å². The highest BCUT2D eigenvalue weighted by molar-refractivity contribution is 7.13. The van der Waals surface area contributed by atoms with Gasteiger partial charge < -0.3 is 14.8 Å². The van der Waals surface area contributed by atoms with E-state index in [2.05, 4.69) is 25.6 Å². The number of thiazole rings is 1. The molecule has 0 saturated heterocycles. The van der Waals surface area contributed by atoms with Gasteiger partial charge >= 0.3 is 12.0 Å². The van der Waals surface area contributed by atoms with Crippen LogP contribution in [0.4, 0.5) is 10.6 Å². The van der Waals surface area contributed by atoms with Crippen molar-refractivity contribution in [1.29, 1.82) is 0 Å². The molecule has 4 aromatic rings. The zero-order valence-corrected chi connectivity index (χ0v) is 22.2. The van der Waals surface area contributed by atoms with E-state index in [1.54, 1.807) is 37.6 Å². The van der Waals surface area contributed by atoms with Gasteiger partial charge in [-0.05, 0) is 44.5 Å². The minimum atomic E-state index is -0.460. The summed E-state index contributed by atoms with van der Waals surface area (Å²) in [6, 6.07) is 6.85. The molecule has 2 N–H and O–H groups in total. The average molecular weight is 533 g/mol. The first-order chi connectivity index (χ1) is 18.5. The molecule has 38 heavy (non-hydrogen) atoms. The maximum Gasteiger partial charge on any atom is 0.339 e. The fourth-order valence-electron chi connectivity index (χ4n) is 3.59. The highest BCUT2D eigenvalue weighted by Gasteiger charge is 2.18. The minimum absolute atomic E-state index is 0.260. The normalized spacial score (nSPS) is 10.6. The largest absolute Gasteiger partial charge is 0.477 e. The first kappa shape index (κ1) is 26.7. The van der Waals surface area contributed by atoms with Crippen molar-refractivity contribution < 1.29 is 19.1 Å². The van der Waals surface area contributed by atoms with Crippen molar-refractivity contribution >= 4 is 29.2 Å². The summed E-state index contributed by atoms with van der Waals surface area (Å²) < 4.78 is 11.0. The molecule has 11 heteroatoms. The summed E-state index contributed by atoms with van der Waals surface area (Å²) in [5.41, 5.74) is 3.89. The molecule has 2 amide bonds. The third-order valence-electron chi connectivity index (χ3n) is 5.27. The van der Waals surface area contributed by atoms with Crippen LogP contribution >= 0.6 is 11.3 Å². The van der Waals surface area contributed by atoms with Crippen LogP contribution in [-0.2, 0) is 4.74 Å². The van der Waals surface area contributed by atoms with Crippen LogP contribution < -0.4 is 15.4 Å². The highest BCUT2D eigenvalue weighted by Crippen LogP contribution is 2.38. The van der Waals surface area contributed by atoms with E-state index < -0.39 is 5.97 Å². The first-order valence-corrected chi connectivity index (χ1v) is 13.1. The number of anilines is 1. The van der Waals surface area contributed by atoms with E-state index in [0.29, 0.717) is 57.8 Å². The van der Waals surface area contributed by atoms with Crippen molar-refractivity contribution in [3.8, 4) is 38.8 Å². The number of rotatable bonds is 10. The maximum absolute atomic E-state index is 12.3. The number of hydrogen-bond acceptors (Lipinski definition) is 9. The number of amides is 2. The molecule has 10 nitrogen and oxygen atoms in total. The Hall–Kier alpha value is -4.38. The van der Waals surface area contributed by atoms with Crippen LogP contribution in [0.3, 0.4) is 0 Å². The second kappa shape index (κ2) is 12.7. The molecule has 0 bridgehead atoms. The van der Waals surface area contributed by atoms with E-state index in [4.69, 9.17) is 14.5 Å². The molecule has 0 spiro atoms. The van der Waals surface area contributed by atoms with Crippen molar-refractivity contribution in [2.75, 3.05) is 25.1 Å². The van der Waals surface area contributed by atoms with Gasteiger partial charge in [-0.1, -0.05) is 6.92 Å². The van der Waals surface area contributed by atoms with E-state index in [-0.39, 0.29) is 12.6 Å². The fourth-order valence-corrected chi connectivity index (χ4v) is 4.44. The lowest BCUT2D eigenvalue weighted by Crippen LogP contribution is -2.28. The minimum Gasteiger partial charge on any atom is -0.477 e. The lowest BCUT2D eigenvalue weighted by molar-refractivity contribution is 0.0526. The number of carbonyl (C=O) groups is 2. The Morgan fingerprint density at radius 2 is 1.89 bits per heavy atom. The number of ether oxygens (including phenoxy) is 2. The number of urea groups is 1. The average Bonchev–Trinajstić information content (AvgIpc) is 3.42. The van der Waals surface area contributed by atoms with Crippen molar-refractivity contribution in [2.24, 2.45) is 0 Å². The second-order valence-corrected chi connectivity index (χ2v) is 8.88. The van der Waals surface area contributed by atoms with Gasteiger partial charge in [0, 0.05) is 53.4 Å². The number of pyridine rings is 3. The van der Waals surface area contributed by atoms with Crippen LogP contribution in [0.2, 0.25) is 0 Å². The van der Waals surface area contributed by atoms with Gasteiger partial charge in [0.25, 0.3) is 0 Å². The predicted molar refractivity (Wildman–Crippen MR) is 146 cm³/mol. The quantitative estimate of drug-likeness (QED) is 0.259. The van der Waals surface area contributed by atoms with E-state index in [0.717, 1.165) is 12.0 Å². The second-order valence-electron chi connectivity index (χ2n) is 8.02. The molecule has 4 heterocycles. The SMILES string of the molecule is CCCOc1ncccc1-c1csc(-c2cc(NC(=O)NCC)ncc2-c2cncc(C(=O)OCC)c2)n1. The topological polar surface area (TPSA) is 128 Å². The van der Waals surface area contributed by atoms with Gasteiger partial charge in [0.2, 0.25) is 5.88 Å². The number of esters is 1.